The fraction of sp³-hybridized carbons (Fsp3) is 0.214. The van der Waals surface area contributed by atoms with Gasteiger partial charge in [-0.25, -0.2) is 13.2 Å². The normalized spacial score (nSPS) is 16.7. The van der Waals surface area contributed by atoms with Crippen LogP contribution in [-0.4, -0.2) is 44.3 Å². The molecule has 39 heavy (non-hydrogen) atoms. The van der Waals surface area contributed by atoms with Gasteiger partial charge in [0.25, 0.3) is 0 Å². The zero-order valence-corrected chi connectivity index (χ0v) is 20.6. The van der Waals surface area contributed by atoms with Gasteiger partial charge in [0.05, 0.1) is 12.4 Å². The number of amides is 2. The van der Waals surface area contributed by atoms with Gasteiger partial charge in [0.2, 0.25) is 11.8 Å². The highest BCUT2D eigenvalue weighted by Crippen LogP contribution is 2.29. The number of benzene rings is 3. The molecule has 11 heteroatoms. The Hall–Kier alpha value is -4.67. The van der Waals surface area contributed by atoms with Gasteiger partial charge < -0.3 is 15.0 Å². The Bertz CT molecular complexity index is 1450. The minimum atomic E-state index is -0.809. The van der Waals surface area contributed by atoms with Crippen molar-refractivity contribution in [3.8, 4) is 11.5 Å². The molecule has 4 aromatic rings. The molecule has 0 unspecified atom stereocenters. The van der Waals surface area contributed by atoms with Gasteiger partial charge in [0.1, 0.15) is 41.5 Å². The Morgan fingerprint density at radius 1 is 0.897 bits per heavy atom. The Labute approximate surface area is 222 Å². The summed E-state index contributed by atoms with van der Waals surface area (Å²) in [4.78, 5) is 29.1. The van der Waals surface area contributed by atoms with E-state index < -0.39 is 23.6 Å². The molecule has 200 valence electrons. The van der Waals surface area contributed by atoms with Crippen LogP contribution in [0, 0.1) is 23.4 Å². The number of likely N-dealkylation sites (tertiary alicyclic amines) is 1. The number of rotatable bonds is 8. The molecule has 0 bridgehead atoms. The van der Waals surface area contributed by atoms with E-state index in [4.69, 9.17) is 4.74 Å². The summed E-state index contributed by atoms with van der Waals surface area (Å²) in [6.45, 7) is 0.0727. The third-order valence-corrected chi connectivity index (χ3v) is 6.45. The lowest BCUT2D eigenvalue weighted by atomic mass is 9.96. The van der Waals surface area contributed by atoms with E-state index in [1.807, 2.05) is 0 Å². The highest BCUT2D eigenvalue weighted by molar-refractivity contribution is 5.97. The van der Waals surface area contributed by atoms with Crippen LogP contribution in [0.25, 0.3) is 0 Å². The van der Waals surface area contributed by atoms with Gasteiger partial charge in [-0.1, -0.05) is 6.07 Å². The SMILES string of the molecule is O=C(Nc1ccc(Oc2ccc(F)cc2)cc1)[C@@H]1C[C@@H](Cc2ccc(F)cc2F)CN1C(=O)Cn1nccn1. The number of hydrogen-bond donors (Lipinski definition) is 1. The molecule has 2 atom stereocenters. The molecular formula is C28H24F3N5O3. The number of ether oxygens (including phenoxy) is 1. The summed E-state index contributed by atoms with van der Waals surface area (Å²) < 4.78 is 46.4. The summed E-state index contributed by atoms with van der Waals surface area (Å²) in [5.41, 5.74) is 0.806. The molecule has 0 spiro atoms. The molecule has 0 aliphatic carbocycles. The molecule has 1 fully saturated rings. The van der Waals surface area contributed by atoms with Crippen molar-refractivity contribution in [1.29, 1.82) is 0 Å². The fourth-order valence-corrected chi connectivity index (χ4v) is 4.60. The van der Waals surface area contributed by atoms with E-state index >= 15 is 0 Å². The molecule has 1 saturated heterocycles. The van der Waals surface area contributed by atoms with Crippen LogP contribution in [0.5, 0.6) is 11.5 Å². The number of anilines is 1. The van der Waals surface area contributed by atoms with Crippen LogP contribution in [0.15, 0.2) is 79.1 Å². The van der Waals surface area contributed by atoms with Crippen LogP contribution in [-0.2, 0) is 22.6 Å². The first-order valence-corrected chi connectivity index (χ1v) is 12.3. The average Bonchev–Trinajstić information content (AvgIpc) is 3.58. The predicted molar refractivity (Wildman–Crippen MR) is 135 cm³/mol. The molecule has 2 heterocycles. The van der Waals surface area contributed by atoms with Gasteiger partial charge in [0, 0.05) is 18.3 Å². The van der Waals surface area contributed by atoms with Gasteiger partial charge in [-0.3, -0.25) is 9.59 Å². The Kier molecular flexibility index (Phi) is 7.57. The minimum Gasteiger partial charge on any atom is -0.457 e. The quantitative estimate of drug-likeness (QED) is 0.357. The lowest BCUT2D eigenvalue weighted by Crippen LogP contribution is -2.44. The first-order valence-electron chi connectivity index (χ1n) is 12.3. The van der Waals surface area contributed by atoms with Crippen molar-refractivity contribution < 1.29 is 27.5 Å². The largest absolute Gasteiger partial charge is 0.457 e. The van der Waals surface area contributed by atoms with Crippen molar-refractivity contribution in [1.82, 2.24) is 19.9 Å². The molecule has 3 aromatic carbocycles. The highest BCUT2D eigenvalue weighted by atomic mass is 19.1. The summed E-state index contributed by atoms with van der Waals surface area (Å²) in [6, 6.07) is 14.8. The lowest BCUT2D eigenvalue weighted by Gasteiger charge is -2.23. The van der Waals surface area contributed by atoms with E-state index in [0.717, 1.165) is 6.07 Å². The lowest BCUT2D eigenvalue weighted by molar-refractivity contribution is -0.137. The third kappa shape index (κ3) is 6.43. The van der Waals surface area contributed by atoms with Crippen LogP contribution in [0.1, 0.15) is 12.0 Å². The number of carbonyl (C=O) groups excluding carboxylic acids is 2. The zero-order chi connectivity index (χ0) is 27.4. The molecule has 8 nitrogen and oxygen atoms in total. The summed E-state index contributed by atoms with van der Waals surface area (Å²) >= 11 is 0. The number of nitrogens with zero attached hydrogens (tertiary/aromatic N) is 4. The number of halogens is 3. The number of aromatic nitrogens is 3. The Morgan fingerprint density at radius 2 is 1.54 bits per heavy atom. The van der Waals surface area contributed by atoms with Crippen molar-refractivity contribution in [3.05, 3.63) is 102 Å². The molecule has 1 aliphatic heterocycles. The predicted octanol–water partition coefficient (Wildman–Crippen LogP) is 4.59. The van der Waals surface area contributed by atoms with Crippen LogP contribution in [0.2, 0.25) is 0 Å². The maximum absolute atomic E-state index is 14.3. The zero-order valence-electron chi connectivity index (χ0n) is 20.6. The molecule has 1 N–H and O–H groups in total. The van der Waals surface area contributed by atoms with E-state index in [-0.39, 0.29) is 37.2 Å². The second-order valence-electron chi connectivity index (χ2n) is 9.23. The summed E-state index contributed by atoms with van der Waals surface area (Å²) in [5.74, 6) is -1.72. The van der Waals surface area contributed by atoms with Gasteiger partial charge in [0.15, 0.2) is 0 Å². The van der Waals surface area contributed by atoms with E-state index in [1.54, 1.807) is 24.3 Å². The highest BCUT2D eigenvalue weighted by Gasteiger charge is 2.40. The first kappa shape index (κ1) is 26.0. The smallest absolute Gasteiger partial charge is 0.247 e. The number of nitrogens with one attached hydrogen (secondary N) is 1. The van der Waals surface area contributed by atoms with Gasteiger partial charge >= 0.3 is 0 Å². The average molecular weight is 536 g/mol. The molecule has 0 saturated carbocycles. The monoisotopic (exact) mass is 535 g/mol. The van der Waals surface area contributed by atoms with Gasteiger partial charge in [-0.2, -0.15) is 15.0 Å². The van der Waals surface area contributed by atoms with Crippen molar-refractivity contribution in [2.45, 2.75) is 25.4 Å². The summed E-state index contributed by atoms with van der Waals surface area (Å²) in [7, 11) is 0. The Morgan fingerprint density at radius 3 is 2.21 bits per heavy atom. The first-order chi connectivity index (χ1) is 18.8. The van der Waals surface area contributed by atoms with Crippen LogP contribution < -0.4 is 10.1 Å². The third-order valence-electron chi connectivity index (χ3n) is 6.45. The second-order valence-corrected chi connectivity index (χ2v) is 9.23. The molecule has 1 aromatic heterocycles. The topological polar surface area (TPSA) is 89.4 Å². The summed E-state index contributed by atoms with van der Waals surface area (Å²) in [6.07, 6.45) is 3.44. The van der Waals surface area contributed by atoms with Crippen LogP contribution in [0.3, 0.4) is 0 Å². The van der Waals surface area contributed by atoms with E-state index in [0.29, 0.717) is 29.2 Å². The van der Waals surface area contributed by atoms with E-state index in [9.17, 15) is 22.8 Å². The van der Waals surface area contributed by atoms with Crippen LogP contribution >= 0.6 is 0 Å². The molecule has 2 amide bonds. The number of hydrogen-bond acceptors (Lipinski definition) is 5. The van der Waals surface area contributed by atoms with E-state index in [1.165, 1.54) is 58.5 Å². The van der Waals surface area contributed by atoms with E-state index in [2.05, 4.69) is 15.5 Å². The van der Waals surface area contributed by atoms with Crippen molar-refractivity contribution in [2.75, 3.05) is 11.9 Å². The fourth-order valence-electron chi connectivity index (χ4n) is 4.60. The van der Waals surface area contributed by atoms with Gasteiger partial charge in [-0.05, 0) is 78.9 Å². The molecular weight excluding hydrogens is 511 g/mol. The standard InChI is InChI=1S/C28H24F3N5O3/c29-20-3-7-23(8-4-20)39-24-9-5-22(6-10-24)34-28(38)26-14-18(13-19-1-2-21(30)15-25(19)31)16-35(26)27(37)17-36-32-11-12-33-36/h1-12,15,18,26H,13-14,16-17H2,(H,34,38)/t18-,26+/m1/s1. The molecule has 1 aliphatic rings. The molecule has 0 radical (unpaired) electrons. The second kappa shape index (κ2) is 11.4. The van der Waals surface area contributed by atoms with Crippen molar-refractivity contribution >= 4 is 17.5 Å². The minimum absolute atomic E-state index is 0.149. The maximum atomic E-state index is 14.3. The number of carbonyl (C=O) groups is 2. The maximum Gasteiger partial charge on any atom is 0.247 e. The van der Waals surface area contributed by atoms with Crippen molar-refractivity contribution in [3.63, 3.8) is 0 Å². The van der Waals surface area contributed by atoms with Crippen LogP contribution in [0.4, 0.5) is 18.9 Å². The molecule has 5 rings (SSSR count). The van der Waals surface area contributed by atoms with Crippen molar-refractivity contribution in [2.24, 2.45) is 5.92 Å². The van der Waals surface area contributed by atoms with Gasteiger partial charge in [-0.15, -0.1) is 0 Å². The Balaban J connectivity index is 1.28. The summed E-state index contributed by atoms with van der Waals surface area (Å²) in [5, 5.41) is 10.7.